The predicted molar refractivity (Wildman–Crippen MR) is 99.1 cm³/mol. The van der Waals surface area contributed by atoms with Crippen LogP contribution in [-0.4, -0.2) is 51.2 Å². The van der Waals surface area contributed by atoms with Crippen molar-refractivity contribution in [3.8, 4) is 11.5 Å². The number of hydrogen-bond acceptors (Lipinski definition) is 4. The van der Waals surface area contributed by atoms with E-state index in [0.717, 1.165) is 23.8 Å². The van der Waals surface area contributed by atoms with Gasteiger partial charge < -0.3 is 19.3 Å². The van der Waals surface area contributed by atoms with E-state index in [2.05, 4.69) is 4.90 Å². The van der Waals surface area contributed by atoms with Gasteiger partial charge in [-0.05, 0) is 24.3 Å². The highest BCUT2D eigenvalue weighted by molar-refractivity contribution is 6.33. The Morgan fingerprint density at radius 1 is 0.960 bits per heavy atom. The molecule has 5 nitrogen and oxygen atoms in total. The lowest BCUT2D eigenvalue weighted by Crippen LogP contribution is -2.49. The average Bonchev–Trinajstić information content (AvgIpc) is 2.67. The molecule has 0 atom stereocenters. The van der Waals surface area contributed by atoms with Crippen LogP contribution >= 0.6 is 11.6 Å². The number of benzene rings is 2. The highest BCUT2D eigenvalue weighted by Gasteiger charge is 2.26. The molecule has 6 heteroatoms. The number of ether oxygens (including phenoxy) is 2. The van der Waals surface area contributed by atoms with E-state index >= 15 is 0 Å². The minimum Gasteiger partial charge on any atom is -0.493 e. The van der Waals surface area contributed by atoms with Crippen LogP contribution in [0, 0.1) is 0 Å². The number of rotatable bonds is 4. The maximum Gasteiger partial charge on any atom is 0.257 e. The van der Waals surface area contributed by atoms with Crippen LogP contribution in [0.15, 0.2) is 42.5 Å². The lowest BCUT2D eigenvalue weighted by molar-refractivity contribution is 0.0742. The summed E-state index contributed by atoms with van der Waals surface area (Å²) in [5, 5.41) is 0.733. The van der Waals surface area contributed by atoms with Crippen molar-refractivity contribution in [1.82, 2.24) is 4.90 Å². The first kappa shape index (κ1) is 17.4. The number of methoxy groups -OCH3 is 2. The number of anilines is 1. The van der Waals surface area contributed by atoms with Gasteiger partial charge in [0.25, 0.3) is 5.91 Å². The lowest BCUT2D eigenvalue weighted by Gasteiger charge is -2.36. The van der Waals surface area contributed by atoms with Crippen molar-refractivity contribution in [1.29, 1.82) is 0 Å². The molecule has 0 saturated carbocycles. The van der Waals surface area contributed by atoms with E-state index in [1.807, 2.05) is 29.2 Å². The van der Waals surface area contributed by atoms with Crippen molar-refractivity contribution >= 4 is 23.2 Å². The normalized spacial score (nSPS) is 14.4. The van der Waals surface area contributed by atoms with E-state index < -0.39 is 0 Å². The Bertz CT molecular complexity index is 758. The zero-order valence-electron chi connectivity index (χ0n) is 14.4. The molecule has 0 spiro atoms. The van der Waals surface area contributed by atoms with Gasteiger partial charge in [-0.2, -0.15) is 0 Å². The van der Waals surface area contributed by atoms with Gasteiger partial charge in [0, 0.05) is 26.2 Å². The number of amides is 1. The summed E-state index contributed by atoms with van der Waals surface area (Å²) in [6.07, 6.45) is 0. The Labute approximate surface area is 152 Å². The van der Waals surface area contributed by atoms with Crippen molar-refractivity contribution in [2.75, 3.05) is 45.3 Å². The van der Waals surface area contributed by atoms with E-state index in [1.54, 1.807) is 32.4 Å². The SMILES string of the molecule is COc1cccc(C(=O)N2CCN(c3ccccc3Cl)CC2)c1OC. The standard InChI is InChI=1S/C19H21ClN2O3/c1-24-17-9-5-6-14(18(17)25-2)19(23)22-12-10-21(11-13-22)16-8-4-3-7-15(16)20/h3-9H,10-13H2,1-2H3. The van der Waals surface area contributed by atoms with Gasteiger partial charge in [0.05, 0.1) is 30.5 Å². The third-order valence-electron chi connectivity index (χ3n) is 4.39. The molecule has 2 aromatic rings. The summed E-state index contributed by atoms with van der Waals surface area (Å²) in [4.78, 5) is 16.9. The van der Waals surface area contributed by atoms with E-state index in [0.29, 0.717) is 30.2 Å². The minimum atomic E-state index is -0.0467. The van der Waals surface area contributed by atoms with Crippen molar-refractivity contribution in [3.63, 3.8) is 0 Å². The third-order valence-corrected chi connectivity index (χ3v) is 4.71. The Morgan fingerprint density at radius 2 is 1.68 bits per heavy atom. The van der Waals surface area contributed by atoms with Gasteiger partial charge in [0.1, 0.15) is 0 Å². The number of carbonyl (C=O) groups is 1. The second-order valence-electron chi connectivity index (χ2n) is 5.77. The molecular weight excluding hydrogens is 340 g/mol. The Hall–Kier alpha value is -2.40. The molecule has 0 bridgehead atoms. The van der Waals surface area contributed by atoms with Crippen LogP contribution in [0.4, 0.5) is 5.69 Å². The molecule has 3 rings (SSSR count). The van der Waals surface area contributed by atoms with Gasteiger partial charge in [-0.1, -0.05) is 29.8 Å². The molecule has 0 N–H and O–H groups in total. The smallest absolute Gasteiger partial charge is 0.257 e. The zero-order valence-corrected chi connectivity index (χ0v) is 15.1. The van der Waals surface area contributed by atoms with E-state index in [9.17, 15) is 4.79 Å². The van der Waals surface area contributed by atoms with Crippen molar-refractivity contribution in [3.05, 3.63) is 53.1 Å². The lowest BCUT2D eigenvalue weighted by atomic mass is 10.1. The second kappa shape index (κ2) is 7.66. The summed E-state index contributed by atoms with van der Waals surface area (Å²) in [7, 11) is 3.11. The monoisotopic (exact) mass is 360 g/mol. The van der Waals surface area contributed by atoms with Crippen LogP contribution in [0.1, 0.15) is 10.4 Å². The largest absolute Gasteiger partial charge is 0.493 e. The maximum atomic E-state index is 12.9. The molecule has 1 aliphatic rings. The summed E-state index contributed by atoms with van der Waals surface area (Å²) >= 11 is 6.27. The van der Waals surface area contributed by atoms with Crippen LogP contribution in [0.3, 0.4) is 0 Å². The zero-order chi connectivity index (χ0) is 17.8. The molecule has 25 heavy (non-hydrogen) atoms. The molecule has 2 aromatic carbocycles. The first-order valence-corrected chi connectivity index (χ1v) is 8.53. The molecule has 1 amide bonds. The molecule has 0 radical (unpaired) electrons. The van der Waals surface area contributed by atoms with Gasteiger partial charge in [-0.25, -0.2) is 0 Å². The fraction of sp³-hybridized carbons (Fsp3) is 0.316. The Kier molecular flexibility index (Phi) is 5.34. The van der Waals surface area contributed by atoms with Gasteiger partial charge in [-0.3, -0.25) is 4.79 Å². The van der Waals surface area contributed by atoms with Crippen LogP contribution in [-0.2, 0) is 0 Å². The second-order valence-corrected chi connectivity index (χ2v) is 6.18. The fourth-order valence-corrected chi connectivity index (χ4v) is 3.34. The maximum absolute atomic E-state index is 12.9. The van der Waals surface area contributed by atoms with Crippen molar-refractivity contribution < 1.29 is 14.3 Å². The average molecular weight is 361 g/mol. The number of piperazine rings is 1. The van der Waals surface area contributed by atoms with Gasteiger partial charge in [0.15, 0.2) is 11.5 Å². The summed E-state index contributed by atoms with van der Waals surface area (Å²) in [6.45, 7) is 2.73. The first-order chi connectivity index (χ1) is 12.2. The van der Waals surface area contributed by atoms with E-state index in [1.165, 1.54) is 0 Å². The summed E-state index contributed by atoms with van der Waals surface area (Å²) in [5.74, 6) is 0.987. The Balaban J connectivity index is 1.73. The highest BCUT2D eigenvalue weighted by atomic mass is 35.5. The summed E-state index contributed by atoms with van der Waals surface area (Å²) < 4.78 is 10.7. The number of carbonyl (C=O) groups excluding carboxylic acids is 1. The molecule has 1 fully saturated rings. The highest BCUT2D eigenvalue weighted by Crippen LogP contribution is 2.32. The van der Waals surface area contributed by atoms with Crippen LogP contribution in [0.5, 0.6) is 11.5 Å². The van der Waals surface area contributed by atoms with Gasteiger partial charge in [-0.15, -0.1) is 0 Å². The van der Waals surface area contributed by atoms with E-state index in [4.69, 9.17) is 21.1 Å². The van der Waals surface area contributed by atoms with Gasteiger partial charge in [0.2, 0.25) is 0 Å². The first-order valence-electron chi connectivity index (χ1n) is 8.15. The predicted octanol–water partition coefficient (Wildman–Crippen LogP) is 3.32. The number of hydrogen-bond donors (Lipinski definition) is 0. The molecule has 1 heterocycles. The Morgan fingerprint density at radius 3 is 2.32 bits per heavy atom. The van der Waals surface area contributed by atoms with Crippen LogP contribution in [0.25, 0.3) is 0 Å². The summed E-state index contributed by atoms with van der Waals surface area (Å²) in [5.41, 5.74) is 1.53. The number of halogens is 1. The fourth-order valence-electron chi connectivity index (χ4n) is 3.08. The number of para-hydroxylation sites is 2. The van der Waals surface area contributed by atoms with Crippen molar-refractivity contribution in [2.24, 2.45) is 0 Å². The molecule has 0 unspecified atom stereocenters. The number of nitrogens with zero attached hydrogens (tertiary/aromatic N) is 2. The van der Waals surface area contributed by atoms with Crippen LogP contribution < -0.4 is 14.4 Å². The van der Waals surface area contributed by atoms with E-state index in [-0.39, 0.29) is 5.91 Å². The molecule has 1 saturated heterocycles. The van der Waals surface area contributed by atoms with Gasteiger partial charge >= 0.3 is 0 Å². The van der Waals surface area contributed by atoms with Crippen molar-refractivity contribution in [2.45, 2.75) is 0 Å². The minimum absolute atomic E-state index is 0.0467. The molecule has 132 valence electrons. The molecule has 0 aliphatic carbocycles. The summed E-state index contributed by atoms with van der Waals surface area (Å²) in [6, 6.07) is 13.1. The molecule has 1 aliphatic heterocycles. The van der Waals surface area contributed by atoms with Crippen LogP contribution in [0.2, 0.25) is 5.02 Å². The third kappa shape index (κ3) is 3.51. The quantitative estimate of drug-likeness (QED) is 0.838. The molecular formula is C19H21ClN2O3. The molecule has 0 aromatic heterocycles. The topological polar surface area (TPSA) is 42.0 Å².